The fourth-order valence-electron chi connectivity index (χ4n) is 2.78. The van der Waals surface area contributed by atoms with E-state index in [1.165, 1.54) is 15.9 Å². The number of aromatic nitrogens is 4. The van der Waals surface area contributed by atoms with Crippen LogP contribution in [-0.2, 0) is 17.8 Å². The summed E-state index contributed by atoms with van der Waals surface area (Å²) in [7, 11) is 1.81. The van der Waals surface area contributed by atoms with Crippen LogP contribution in [-0.4, -0.2) is 44.3 Å². The van der Waals surface area contributed by atoms with Gasteiger partial charge >= 0.3 is 0 Å². The number of nitrogens with zero attached hydrogens (tertiary/aromatic N) is 5. The van der Waals surface area contributed by atoms with Crippen molar-refractivity contribution in [2.75, 3.05) is 13.3 Å². The molecule has 3 rings (SSSR count). The second-order valence-electron chi connectivity index (χ2n) is 6.04. The van der Waals surface area contributed by atoms with Gasteiger partial charge in [-0.15, -0.1) is 16.9 Å². The minimum Gasteiger partial charge on any atom is -0.340 e. The Bertz CT molecular complexity index is 821. The minimum absolute atomic E-state index is 0.0184. The van der Waals surface area contributed by atoms with Crippen molar-refractivity contribution in [3.8, 4) is 0 Å². The Hall–Kier alpha value is -2.67. The van der Waals surface area contributed by atoms with E-state index in [0.717, 1.165) is 11.1 Å². The van der Waals surface area contributed by atoms with E-state index in [1.54, 1.807) is 16.7 Å². The third-order valence-corrected chi connectivity index (χ3v) is 4.94. The molecule has 7 heteroatoms. The fourth-order valence-corrected chi connectivity index (χ4v) is 3.19. The molecule has 1 aromatic heterocycles. The van der Waals surface area contributed by atoms with Crippen molar-refractivity contribution in [2.45, 2.75) is 23.9 Å². The number of carbonyl (C=O) groups is 1. The number of hydrogen-bond donors (Lipinski definition) is 0. The zero-order chi connectivity index (χ0) is 18.4. The average Bonchev–Trinajstić information content (AvgIpc) is 3.21. The molecule has 2 aromatic carbocycles. The molecule has 0 radical (unpaired) electrons. The van der Waals surface area contributed by atoms with Crippen LogP contribution in [0.3, 0.4) is 0 Å². The number of carbonyl (C=O) groups excluding carboxylic acids is 1. The molecule has 0 N–H and O–H groups in total. The van der Waals surface area contributed by atoms with Crippen LogP contribution in [0.4, 0.5) is 0 Å². The highest BCUT2D eigenvalue weighted by Crippen LogP contribution is 2.19. The highest BCUT2D eigenvalue weighted by atomic mass is 32.2. The Balaban J connectivity index is 1.75. The van der Waals surface area contributed by atoms with Gasteiger partial charge in [0.1, 0.15) is 12.4 Å². The Morgan fingerprint density at radius 2 is 1.85 bits per heavy atom. The predicted molar refractivity (Wildman–Crippen MR) is 102 cm³/mol. The first-order valence-electron chi connectivity index (χ1n) is 8.31. The molecule has 26 heavy (non-hydrogen) atoms. The zero-order valence-electron chi connectivity index (χ0n) is 14.8. The summed E-state index contributed by atoms with van der Waals surface area (Å²) in [5, 5.41) is 11.3. The highest BCUT2D eigenvalue weighted by Gasteiger charge is 2.25. The van der Waals surface area contributed by atoms with Gasteiger partial charge in [-0.25, -0.2) is 4.68 Å². The topological polar surface area (TPSA) is 63.9 Å². The van der Waals surface area contributed by atoms with Crippen LogP contribution < -0.4 is 0 Å². The van der Waals surface area contributed by atoms with Crippen LogP contribution in [0.15, 0.2) is 65.8 Å². The number of likely N-dealkylation sites (N-methyl/N-ethyl adjacent to an activating group) is 1. The third kappa shape index (κ3) is 4.49. The quantitative estimate of drug-likeness (QED) is 0.601. The predicted octanol–water partition coefficient (Wildman–Crippen LogP) is 2.84. The monoisotopic (exact) mass is 367 g/mol. The van der Waals surface area contributed by atoms with E-state index in [2.05, 4.69) is 39.8 Å². The Morgan fingerprint density at radius 1 is 1.12 bits per heavy atom. The van der Waals surface area contributed by atoms with Crippen molar-refractivity contribution in [1.82, 2.24) is 25.1 Å². The number of tetrazole rings is 1. The van der Waals surface area contributed by atoms with Crippen LogP contribution in [0, 0.1) is 0 Å². The van der Waals surface area contributed by atoms with Crippen molar-refractivity contribution < 1.29 is 4.79 Å². The number of hydrogen-bond acceptors (Lipinski definition) is 5. The lowest BCUT2D eigenvalue weighted by atomic mass is 10.0. The van der Waals surface area contributed by atoms with E-state index in [1.807, 2.05) is 43.6 Å². The van der Waals surface area contributed by atoms with Crippen LogP contribution >= 0.6 is 11.8 Å². The standard InChI is InChI=1S/C19H21N5OS/c1-23(13-16-8-10-17(26-2)11-9-16)19(25)18(24-14-20-21-22-24)12-15-6-4-3-5-7-15/h3-11,14,18H,12-13H2,1-2H3/t18-/m0/s1. The molecule has 0 saturated heterocycles. The second kappa shape index (κ2) is 8.62. The summed E-state index contributed by atoms with van der Waals surface area (Å²) in [5.74, 6) is -0.0184. The summed E-state index contributed by atoms with van der Waals surface area (Å²) in [6, 6.07) is 17.7. The molecule has 1 amide bonds. The molecule has 0 aliphatic heterocycles. The Morgan fingerprint density at radius 3 is 2.46 bits per heavy atom. The van der Waals surface area contributed by atoms with Gasteiger partial charge in [0, 0.05) is 24.9 Å². The maximum absolute atomic E-state index is 13.1. The smallest absolute Gasteiger partial charge is 0.247 e. The molecule has 134 valence electrons. The van der Waals surface area contributed by atoms with Crippen molar-refractivity contribution in [3.05, 3.63) is 72.1 Å². The van der Waals surface area contributed by atoms with Crippen LogP contribution in [0.5, 0.6) is 0 Å². The third-order valence-electron chi connectivity index (χ3n) is 4.20. The molecule has 3 aromatic rings. The van der Waals surface area contributed by atoms with Crippen LogP contribution in [0.25, 0.3) is 0 Å². The molecule has 0 aliphatic carbocycles. The number of thioether (sulfide) groups is 1. The Kier molecular flexibility index (Phi) is 6.01. The lowest BCUT2D eigenvalue weighted by Crippen LogP contribution is -2.35. The van der Waals surface area contributed by atoms with E-state index in [-0.39, 0.29) is 5.91 Å². The number of rotatable bonds is 7. The van der Waals surface area contributed by atoms with Gasteiger partial charge in [0.2, 0.25) is 5.91 Å². The summed E-state index contributed by atoms with van der Waals surface area (Å²) in [5.41, 5.74) is 2.16. The van der Waals surface area contributed by atoms with Gasteiger partial charge in [0.05, 0.1) is 0 Å². The maximum atomic E-state index is 13.1. The lowest BCUT2D eigenvalue weighted by molar-refractivity contribution is -0.134. The van der Waals surface area contributed by atoms with Crippen molar-refractivity contribution in [3.63, 3.8) is 0 Å². The van der Waals surface area contributed by atoms with E-state index in [9.17, 15) is 4.79 Å². The molecule has 0 saturated carbocycles. The molecule has 0 fully saturated rings. The van der Waals surface area contributed by atoms with Crippen molar-refractivity contribution in [2.24, 2.45) is 0 Å². The van der Waals surface area contributed by atoms with Gasteiger partial charge in [0.15, 0.2) is 0 Å². The normalized spacial score (nSPS) is 11.9. The molecular formula is C19H21N5OS. The highest BCUT2D eigenvalue weighted by molar-refractivity contribution is 7.98. The van der Waals surface area contributed by atoms with Gasteiger partial charge in [-0.2, -0.15) is 0 Å². The summed E-state index contributed by atoms with van der Waals surface area (Å²) < 4.78 is 1.53. The second-order valence-corrected chi connectivity index (χ2v) is 6.92. The summed E-state index contributed by atoms with van der Waals surface area (Å²) >= 11 is 1.70. The average molecular weight is 367 g/mol. The van der Waals surface area contributed by atoms with Crippen LogP contribution in [0.2, 0.25) is 0 Å². The SMILES string of the molecule is CSc1ccc(CN(C)C(=O)[C@H](Cc2ccccc2)n2cnnn2)cc1. The van der Waals surface area contributed by atoms with Gasteiger partial charge in [0.25, 0.3) is 0 Å². The lowest BCUT2D eigenvalue weighted by Gasteiger charge is -2.23. The largest absolute Gasteiger partial charge is 0.340 e. The molecule has 1 heterocycles. The number of amides is 1. The molecule has 0 spiro atoms. The van der Waals surface area contributed by atoms with E-state index < -0.39 is 6.04 Å². The van der Waals surface area contributed by atoms with Gasteiger partial charge in [-0.05, 0) is 39.9 Å². The Labute approximate surface area is 157 Å². The maximum Gasteiger partial charge on any atom is 0.247 e. The first-order valence-corrected chi connectivity index (χ1v) is 9.54. The molecule has 1 atom stereocenters. The van der Waals surface area contributed by atoms with Gasteiger partial charge < -0.3 is 4.90 Å². The van der Waals surface area contributed by atoms with E-state index in [0.29, 0.717) is 13.0 Å². The van der Waals surface area contributed by atoms with Crippen molar-refractivity contribution in [1.29, 1.82) is 0 Å². The van der Waals surface area contributed by atoms with Crippen LogP contribution in [0.1, 0.15) is 17.2 Å². The minimum atomic E-state index is -0.470. The molecule has 0 aliphatic rings. The van der Waals surface area contributed by atoms with Crippen molar-refractivity contribution >= 4 is 17.7 Å². The summed E-state index contributed by atoms with van der Waals surface area (Å²) in [4.78, 5) is 16.0. The first-order chi connectivity index (χ1) is 12.7. The van der Waals surface area contributed by atoms with E-state index in [4.69, 9.17) is 0 Å². The van der Waals surface area contributed by atoms with Gasteiger partial charge in [-0.1, -0.05) is 42.5 Å². The summed E-state index contributed by atoms with van der Waals surface area (Å²) in [6.07, 6.45) is 4.08. The summed E-state index contributed by atoms with van der Waals surface area (Å²) in [6.45, 7) is 0.543. The van der Waals surface area contributed by atoms with Gasteiger partial charge in [-0.3, -0.25) is 4.79 Å². The molecule has 6 nitrogen and oxygen atoms in total. The first kappa shape index (κ1) is 18.1. The molecule has 0 bridgehead atoms. The molecular weight excluding hydrogens is 346 g/mol. The van der Waals surface area contributed by atoms with E-state index >= 15 is 0 Å². The fraction of sp³-hybridized carbons (Fsp3) is 0.263. The number of benzene rings is 2. The molecule has 0 unspecified atom stereocenters. The zero-order valence-corrected chi connectivity index (χ0v) is 15.6.